The summed E-state index contributed by atoms with van der Waals surface area (Å²) in [5.41, 5.74) is 0. The lowest BCUT2D eigenvalue weighted by Crippen LogP contribution is -2.45. The normalized spacial score (nSPS) is 12.4. The second-order valence-electron chi connectivity index (χ2n) is 24.2. The first-order chi connectivity index (χ1) is 37.0. The van der Waals surface area contributed by atoms with Crippen molar-refractivity contribution in [3.05, 3.63) is 0 Å². The Hall–Kier alpha value is -1.14. The van der Waals surface area contributed by atoms with Crippen molar-refractivity contribution in [3.63, 3.8) is 0 Å². The van der Waals surface area contributed by atoms with Crippen LogP contribution in [0, 0.1) is 0 Å². The molecule has 0 rings (SSSR count). The summed E-state index contributed by atoms with van der Waals surface area (Å²) < 4.78 is 5.51. The van der Waals surface area contributed by atoms with Gasteiger partial charge in [0.05, 0.1) is 25.4 Å². The van der Waals surface area contributed by atoms with Crippen LogP contribution in [0.4, 0.5) is 0 Å². The maximum absolute atomic E-state index is 12.5. The van der Waals surface area contributed by atoms with Crippen LogP contribution in [0.15, 0.2) is 0 Å². The summed E-state index contributed by atoms with van der Waals surface area (Å²) in [6.07, 6.45) is 78.5. The third-order valence-corrected chi connectivity index (χ3v) is 16.7. The van der Waals surface area contributed by atoms with E-state index in [4.69, 9.17) is 4.74 Å². The van der Waals surface area contributed by atoms with Crippen molar-refractivity contribution in [2.75, 3.05) is 13.2 Å². The van der Waals surface area contributed by atoms with Gasteiger partial charge < -0.3 is 20.3 Å². The predicted octanol–water partition coefficient (Wildman–Crippen LogP) is 22.2. The van der Waals surface area contributed by atoms with Crippen LogP contribution in [-0.2, 0) is 14.3 Å². The predicted molar refractivity (Wildman–Crippen MR) is 329 cm³/mol. The summed E-state index contributed by atoms with van der Waals surface area (Å²) in [7, 11) is 0. The Kier molecular flexibility index (Phi) is 64.4. The number of hydrogen-bond acceptors (Lipinski definition) is 5. The van der Waals surface area contributed by atoms with Gasteiger partial charge in [-0.15, -0.1) is 0 Å². The van der Waals surface area contributed by atoms with E-state index in [1.165, 1.54) is 334 Å². The summed E-state index contributed by atoms with van der Waals surface area (Å²) >= 11 is 0. The zero-order chi connectivity index (χ0) is 54.3. The number of carbonyl (C=O) groups excluding carboxylic acids is 2. The summed E-state index contributed by atoms with van der Waals surface area (Å²) in [6, 6.07) is -0.543. The highest BCUT2D eigenvalue weighted by Crippen LogP contribution is 2.19. The fourth-order valence-electron chi connectivity index (χ4n) is 11.4. The fraction of sp³-hybridized carbons (Fsp3) is 0.971. The van der Waals surface area contributed by atoms with Crippen molar-refractivity contribution in [2.45, 2.75) is 418 Å². The number of nitrogens with one attached hydrogen (secondary N) is 1. The van der Waals surface area contributed by atoms with Crippen LogP contribution in [-0.4, -0.2) is 47.4 Å². The molecule has 0 heterocycles. The Balaban J connectivity index is 3.36. The molecular formula is C69H137NO5. The van der Waals surface area contributed by atoms with Crippen LogP contribution in [0.1, 0.15) is 406 Å². The van der Waals surface area contributed by atoms with Crippen LogP contribution in [0.3, 0.4) is 0 Å². The quantitative estimate of drug-likeness (QED) is 0.0417. The molecule has 448 valence electrons. The molecule has 3 N–H and O–H groups in total. The number of aliphatic hydroxyl groups is 2. The highest BCUT2D eigenvalue weighted by molar-refractivity contribution is 5.76. The van der Waals surface area contributed by atoms with E-state index in [1.807, 2.05) is 0 Å². The van der Waals surface area contributed by atoms with Crippen molar-refractivity contribution in [1.29, 1.82) is 0 Å². The van der Waals surface area contributed by atoms with Gasteiger partial charge in [0, 0.05) is 12.8 Å². The van der Waals surface area contributed by atoms with Crippen LogP contribution in [0.2, 0.25) is 0 Å². The minimum Gasteiger partial charge on any atom is -0.466 e. The first kappa shape index (κ1) is 73.9. The number of ether oxygens (including phenoxy) is 1. The van der Waals surface area contributed by atoms with Gasteiger partial charge in [0.15, 0.2) is 0 Å². The van der Waals surface area contributed by atoms with Gasteiger partial charge in [-0.25, -0.2) is 0 Å². The molecule has 6 nitrogen and oxygen atoms in total. The monoisotopic (exact) mass is 1060 g/mol. The first-order valence-electron chi connectivity index (χ1n) is 34.8. The minimum absolute atomic E-state index is 0.0155. The molecule has 0 saturated heterocycles. The Labute approximate surface area is 470 Å². The largest absolute Gasteiger partial charge is 0.466 e. The molecule has 0 spiro atoms. The average molecular weight is 1060 g/mol. The van der Waals surface area contributed by atoms with Crippen molar-refractivity contribution in [3.8, 4) is 0 Å². The highest BCUT2D eigenvalue weighted by Gasteiger charge is 2.20. The van der Waals surface area contributed by atoms with Gasteiger partial charge >= 0.3 is 5.97 Å². The molecule has 0 saturated carbocycles. The molecule has 0 aliphatic heterocycles. The number of hydrogen-bond donors (Lipinski definition) is 3. The maximum atomic E-state index is 12.5. The number of rotatable bonds is 66. The summed E-state index contributed by atoms with van der Waals surface area (Å²) in [5.74, 6) is -0.0170. The average Bonchev–Trinajstić information content (AvgIpc) is 3.41. The fourth-order valence-corrected chi connectivity index (χ4v) is 11.4. The number of carbonyl (C=O) groups is 2. The van der Waals surface area contributed by atoms with E-state index in [9.17, 15) is 19.8 Å². The molecule has 0 aromatic heterocycles. The molecule has 0 radical (unpaired) electrons. The molecule has 1 amide bonds. The van der Waals surface area contributed by atoms with E-state index < -0.39 is 12.1 Å². The van der Waals surface area contributed by atoms with Crippen LogP contribution in [0.25, 0.3) is 0 Å². The zero-order valence-corrected chi connectivity index (χ0v) is 51.3. The van der Waals surface area contributed by atoms with Crippen LogP contribution >= 0.6 is 0 Å². The second kappa shape index (κ2) is 65.4. The lowest BCUT2D eigenvalue weighted by molar-refractivity contribution is -0.143. The van der Waals surface area contributed by atoms with E-state index in [2.05, 4.69) is 19.2 Å². The van der Waals surface area contributed by atoms with Crippen molar-refractivity contribution >= 4 is 11.9 Å². The van der Waals surface area contributed by atoms with Gasteiger partial charge in [0.1, 0.15) is 0 Å². The number of unbranched alkanes of at least 4 members (excludes halogenated alkanes) is 55. The van der Waals surface area contributed by atoms with E-state index in [0.717, 1.165) is 38.5 Å². The molecule has 6 heteroatoms. The lowest BCUT2D eigenvalue weighted by Gasteiger charge is -2.22. The van der Waals surface area contributed by atoms with Crippen LogP contribution < -0.4 is 5.32 Å². The molecule has 75 heavy (non-hydrogen) atoms. The Bertz CT molecular complexity index is 1080. The third-order valence-electron chi connectivity index (χ3n) is 16.7. The standard InChI is InChI=1S/C69H137NO5/c1-3-5-7-9-11-13-15-17-19-21-23-26-29-33-37-41-45-49-53-57-61-67(72)66(65-71)70-68(73)62-58-54-50-46-42-38-34-30-27-24-28-32-36-40-44-48-52-56-60-64-75-69(74)63-59-55-51-47-43-39-35-31-25-22-20-18-16-14-12-10-8-6-4-2/h66-67,71-72H,3-65H2,1-2H3,(H,70,73). The molecule has 0 bridgehead atoms. The lowest BCUT2D eigenvalue weighted by atomic mass is 10.0. The molecule has 0 aliphatic rings. The van der Waals surface area contributed by atoms with Gasteiger partial charge in [-0.05, 0) is 25.7 Å². The Morgan fingerprint density at radius 2 is 0.547 bits per heavy atom. The smallest absolute Gasteiger partial charge is 0.305 e. The first-order valence-corrected chi connectivity index (χ1v) is 34.8. The summed E-state index contributed by atoms with van der Waals surface area (Å²) in [4.78, 5) is 24.7. The Morgan fingerprint density at radius 3 is 0.813 bits per heavy atom. The van der Waals surface area contributed by atoms with E-state index in [-0.39, 0.29) is 18.5 Å². The highest BCUT2D eigenvalue weighted by atomic mass is 16.5. The number of esters is 1. The third kappa shape index (κ3) is 61.9. The van der Waals surface area contributed by atoms with E-state index >= 15 is 0 Å². The van der Waals surface area contributed by atoms with E-state index in [0.29, 0.717) is 25.9 Å². The topological polar surface area (TPSA) is 95.9 Å². The minimum atomic E-state index is -0.666. The number of amides is 1. The summed E-state index contributed by atoms with van der Waals surface area (Å²) in [5, 5.41) is 23.4. The molecule has 2 atom stereocenters. The van der Waals surface area contributed by atoms with Gasteiger partial charge in [0.2, 0.25) is 5.91 Å². The molecule has 2 unspecified atom stereocenters. The molecule has 0 fully saturated rings. The number of aliphatic hydroxyl groups excluding tert-OH is 2. The van der Waals surface area contributed by atoms with Gasteiger partial charge in [0.25, 0.3) is 0 Å². The molecule has 0 aromatic rings. The van der Waals surface area contributed by atoms with Crippen molar-refractivity contribution in [2.24, 2.45) is 0 Å². The Morgan fingerprint density at radius 1 is 0.320 bits per heavy atom. The van der Waals surface area contributed by atoms with Crippen molar-refractivity contribution in [1.82, 2.24) is 5.32 Å². The van der Waals surface area contributed by atoms with Gasteiger partial charge in [-0.3, -0.25) is 9.59 Å². The summed E-state index contributed by atoms with van der Waals surface area (Å²) in [6.45, 7) is 5.00. The second-order valence-corrected chi connectivity index (χ2v) is 24.2. The van der Waals surface area contributed by atoms with Crippen LogP contribution in [0.5, 0.6) is 0 Å². The van der Waals surface area contributed by atoms with Gasteiger partial charge in [-0.2, -0.15) is 0 Å². The zero-order valence-electron chi connectivity index (χ0n) is 51.3. The SMILES string of the molecule is CCCCCCCCCCCCCCCCCCCCCCC(O)C(CO)NC(=O)CCCCCCCCCCCCCCCCCCCCCOC(=O)CCCCCCCCCCCCCCCCCCCCC. The molecule has 0 aliphatic carbocycles. The molecule has 0 aromatic carbocycles. The molecular weight excluding hydrogens is 923 g/mol. The van der Waals surface area contributed by atoms with E-state index in [1.54, 1.807) is 0 Å². The maximum Gasteiger partial charge on any atom is 0.305 e. The van der Waals surface area contributed by atoms with Gasteiger partial charge in [-0.1, -0.05) is 367 Å². The van der Waals surface area contributed by atoms with Crippen molar-refractivity contribution < 1.29 is 24.5 Å².